The van der Waals surface area contributed by atoms with Crippen molar-refractivity contribution in [3.05, 3.63) is 0 Å². The molecule has 0 aromatic rings. The van der Waals surface area contributed by atoms with Gasteiger partial charge in [-0.2, -0.15) is 0 Å². The number of ether oxygens (including phenoxy) is 4. The summed E-state index contributed by atoms with van der Waals surface area (Å²) in [5, 5.41) is 10.6. The van der Waals surface area contributed by atoms with Gasteiger partial charge in [0.15, 0.2) is 12.2 Å². The Morgan fingerprint density at radius 3 is 0.747 bits per heavy atom. The van der Waals surface area contributed by atoms with Crippen LogP contribution in [0, 0.1) is 23.7 Å². The molecule has 0 spiro atoms. The van der Waals surface area contributed by atoms with Crippen LogP contribution in [0.4, 0.5) is 0 Å². The number of aliphatic hydroxyl groups excluding tert-OH is 1. The summed E-state index contributed by atoms with van der Waals surface area (Å²) in [6, 6.07) is 0. The number of phosphoric ester groups is 2. The van der Waals surface area contributed by atoms with Crippen LogP contribution in [-0.4, -0.2) is 96.7 Å². The first-order valence-corrected chi connectivity index (χ1v) is 42.3. The van der Waals surface area contributed by atoms with Crippen molar-refractivity contribution >= 4 is 39.5 Å². The molecule has 19 heteroatoms. The molecule has 0 saturated heterocycles. The first-order chi connectivity index (χ1) is 45.7. The van der Waals surface area contributed by atoms with Gasteiger partial charge in [0.25, 0.3) is 0 Å². The fraction of sp³-hybridized carbons (Fsp3) is 0.947. The third-order valence-corrected chi connectivity index (χ3v) is 20.2. The fourth-order valence-corrected chi connectivity index (χ4v) is 13.1. The molecule has 95 heavy (non-hydrogen) atoms. The Balaban J connectivity index is 5.26. The SMILES string of the molecule is CCC(C)CCCCCCCCCCCCCCCCC(=O)O[C@H](COC(=O)CCCCCCCCCCCCCC(C)C)COP(=O)(O)OC[C@@H](O)COP(=O)(O)OC[C@@H](COC(=O)CCCCCCCCC(C)CC)OC(=O)CCCCCCCCCCCCC(C)C. The van der Waals surface area contributed by atoms with Gasteiger partial charge in [-0.15, -0.1) is 0 Å². The van der Waals surface area contributed by atoms with Crippen molar-refractivity contribution in [1.29, 1.82) is 0 Å². The number of esters is 4. The van der Waals surface area contributed by atoms with Gasteiger partial charge in [-0.1, -0.05) is 331 Å². The molecule has 0 aliphatic carbocycles. The Morgan fingerprint density at radius 2 is 0.505 bits per heavy atom. The normalized spacial score (nSPS) is 14.7. The minimum atomic E-state index is -4.96. The quantitative estimate of drug-likeness (QED) is 0.0222. The minimum absolute atomic E-state index is 0.105. The summed E-state index contributed by atoms with van der Waals surface area (Å²) in [6.07, 6.45) is 49.9. The van der Waals surface area contributed by atoms with E-state index in [1.807, 2.05) is 0 Å². The zero-order chi connectivity index (χ0) is 70.3. The van der Waals surface area contributed by atoms with Crippen LogP contribution < -0.4 is 0 Å². The molecule has 0 radical (unpaired) electrons. The van der Waals surface area contributed by atoms with Crippen molar-refractivity contribution < 1.29 is 80.2 Å². The van der Waals surface area contributed by atoms with Crippen LogP contribution in [0.25, 0.3) is 0 Å². The second-order valence-electron chi connectivity index (χ2n) is 28.8. The van der Waals surface area contributed by atoms with E-state index in [9.17, 15) is 43.2 Å². The molecule has 0 aliphatic heterocycles. The van der Waals surface area contributed by atoms with Gasteiger partial charge in [-0.3, -0.25) is 37.3 Å². The number of unbranched alkanes of at least 4 members (excludes halogenated alkanes) is 37. The summed E-state index contributed by atoms with van der Waals surface area (Å²) < 4.78 is 68.5. The summed E-state index contributed by atoms with van der Waals surface area (Å²) in [7, 11) is -9.91. The molecule has 0 saturated carbocycles. The van der Waals surface area contributed by atoms with Gasteiger partial charge < -0.3 is 33.8 Å². The molecule has 0 heterocycles. The Kier molecular flexibility index (Phi) is 64.0. The minimum Gasteiger partial charge on any atom is -0.462 e. The second kappa shape index (κ2) is 65.4. The zero-order valence-corrected chi connectivity index (χ0v) is 64.1. The summed E-state index contributed by atoms with van der Waals surface area (Å²) in [6.45, 7) is 14.2. The van der Waals surface area contributed by atoms with Gasteiger partial charge in [-0.25, -0.2) is 9.13 Å². The van der Waals surface area contributed by atoms with Crippen LogP contribution >= 0.6 is 15.6 Å². The molecule has 7 atom stereocenters. The second-order valence-corrected chi connectivity index (χ2v) is 31.7. The van der Waals surface area contributed by atoms with Gasteiger partial charge >= 0.3 is 39.5 Å². The van der Waals surface area contributed by atoms with Crippen molar-refractivity contribution in [2.24, 2.45) is 23.7 Å². The van der Waals surface area contributed by atoms with E-state index < -0.39 is 97.5 Å². The van der Waals surface area contributed by atoms with Crippen molar-refractivity contribution in [3.63, 3.8) is 0 Å². The molecule has 0 fully saturated rings. The monoisotopic (exact) mass is 1400 g/mol. The third kappa shape index (κ3) is 67.6. The molecule has 0 bridgehead atoms. The highest BCUT2D eigenvalue weighted by molar-refractivity contribution is 7.47. The average molecular weight is 1400 g/mol. The molecule has 0 aliphatic rings. The fourth-order valence-electron chi connectivity index (χ4n) is 11.5. The van der Waals surface area contributed by atoms with E-state index in [0.717, 1.165) is 120 Å². The number of hydrogen-bond acceptors (Lipinski definition) is 15. The van der Waals surface area contributed by atoms with E-state index in [4.69, 9.17) is 37.0 Å². The Labute approximate surface area is 581 Å². The predicted molar refractivity (Wildman–Crippen MR) is 386 cm³/mol. The molecule has 0 rings (SSSR count). The van der Waals surface area contributed by atoms with Crippen molar-refractivity contribution in [1.82, 2.24) is 0 Å². The van der Waals surface area contributed by atoms with Crippen LogP contribution in [0.3, 0.4) is 0 Å². The maximum absolute atomic E-state index is 13.1. The van der Waals surface area contributed by atoms with Crippen molar-refractivity contribution in [2.45, 2.75) is 401 Å². The van der Waals surface area contributed by atoms with Crippen molar-refractivity contribution in [3.8, 4) is 0 Å². The first kappa shape index (κ1) is 93.1. The van der Waals surface area contributed by atoms with Gasteiger partial charge in [0.1, 0.15) is 19.3 Å². The topological polar surface area (TPSA) is 237 Å². The lowest BCUT2D eigenvalue weighted by molar-refractivity contribution is -0.161. The van der Waals surface area contributed by atoms with Gasteiger partial charge in [0.2, 0.25) is 0 Å². The predicted octanol–water partition coefficient (Wildman–Crippen LogP) is 22.0. The molecular weight excluding hydrogens is 1250 g/mol. The lowest BCUT2D eigenvalue weighted by atomic mass is 9.99. The Bertz CT molecular complexity index is 1870. The number of rotatable bonds is 73. The number of hydrogen-bond donors (Lipinski definition) is 3. The summed E-state index contributed by atoms with van der Waals surface area (Å²) in [5.74, 6) is 0.978. The van der Waals surface area contributed by atoms with Gasteiger partial charge in [-0.05, 0) is 49.4 Å². The number of phosphoric acid groups is 2. The van der Waals surface area contributed by atoms with Gasteiger partial charge in [0.05, 0.1) is 26.4 Å². The van der Waals surface area contributed by atoms with E-state index in [0.29, 0.717) is 25.7 Å². The summed E-state index contributed by atoms with van der Waals surface area (Å²) >= 11 is 0. The van der Waals surface area contributed by atoms with E-state index in [1.165, 1.54) is 180 Å². The largest absolute Gasteiger partial charge is 0.472 e. The highest BCUT2D eigenvalue weighted by atomic mass is 31.2. The number of carbonyl (C=O) groups is 4. The standard InChI is InChI=1S/C76H148O17P2/c1-9-68(7)54-46-38-30-24-17-13-11-12-14-18-26-32-42-50-58-75(80)92-71(62-86-73(78)56-48-40-31-25-19-15-16-22-28-36-44-52-66(3)4)64-90-94(82,83)88-60-70(77)61-89-95(84,85)91-65-72(63-87-74(79)57-49-41-35-34-39-47-55-69(8)10-2)93-76(81)59-51-43-33-27-21-20-23-29-37-45-53-67(5)6/h66-72,77H,9-65H2,1-8H3,(H,82,83)(H,84,85)/t68?,69?,70-,71-,72-/m1/s1. The highest BCUT2D eigenvalue weighted by Crippen LogP contribution is 2.45. The first-order valence-electron chi connectivity index (χ1n) is 39.3. The van der Waals surface area contributed by atoms with Gasteiger partial charge in [0, 0.05) is 25.7 Å². The molecule has 0 aromatic heterocycles. The Hall–Kier alpha value is -1.94. The molecule has 564 valence electrons. The average Bonchev–Trinajstić information content (AvgIpc) is 1.63. The molecule has 0 amide bonds. The molecule has 4 unspecified atom stereocenters. The lowest BCUT2D eigenvalue weighted by Gasteiger charge is -2.21. The van der Waals surface area contributed by atoms with Crippen LogP contribution in [-0.2, 0) is 65.4 Å². The molecule has 3 N–H and O–H groups in total. The van der Waals surface area contributed by atoms with E-state index >= 15 is 0 Å². The van der Waals surface area contributed by atoms with Crippen molar-refractivity contribution in [2.75, 3.05) is 39.6 Å². The van der Waals surface area contributed by atoms with Crippen LogP contribution in [0.5, 0.6) is 0 Å². The molecule has 0 aromatic carbocycles. The maximum atomic E-state index is 13.1. The third-order valence-electron chi connectivity index (χ3n) is 18.3. The highest BCUT2D eigenvalue weighted by Gasteiger charge is 2.30. The lowest BCUT2D eigenvalue weighted by Crippen LogP contribution is -2.30. The Morgan fingerprint density at radius 1 is 0.295 bits per heavy atom. The zero-order valence-electron chi connectivity index (χ0n) is 62.3. The van der Waals surface area contributed by atoms with E-state index in [1.54, 1.807) is 0 Å². The van der Waals surface area contributed by atoms with Crippen LogP contribution in [0.15, 0.2) is 0 Å². The van der Waals surface area contributed by atoms with E-state index in [2.05, 4.69) is 55.4 Å². The smallest absolute Gasteiger partial charge is 0.462 e. The van der Waals surface area contributed by atoms with Crippen LogP contribution in [0.2, 0.25) is 0 Å². The molecular formula is C76H148O17P2. The van der Waals surface area contributed by atoms with E-state index in [-0.39, 0.29) is 25.7 Å². The molecule has 17 nitrogen and oxygen atoms in total. The maximum Gasteiger partial charge on any atom is 0.472 e. The number of carbonyl (C=O) groups excluding carboxylic acids is 4. The van der Waals surface area contributed by atoms with Crippen LogP contribution in [0.1, 0.15) is 383 Å². The summed E-state index contributed by atoms with van der Waals surface area (Å²) in [5.41, 5.74) is 0. The summed E-state index contributed by atoms with van der Waals surface area (Å²) in [4.78, 5) is 72.8. The number of aliphatic hydroxyl groups is 1.